The molecule has 0 fully saturated rings. The number of carbonyl (C=O) groups is 1. The van der Waals surface area contributed by atoms with Gasteiger partial charge in [0.15, 0.2) is 5.76 Å². The topological polar surface area (TPSA) is 71.3 Å². The van der Waals surface area contributed by atoms with E-state index in [1.165, 1.54) is 6.26 Å². The number of amides is 1. The molecule has 100 valence electrons. The summed E-state index contributed by atoms with van der Waals surface area (Å²) in [4.78, 5) is 22.2. The average Bonchev–Trinajstić information content (AvgIpc) is 2.89. The smallest absolute Gasteiger partial charge is 0.287 e. The van der Waals surface area contributed by atoms with Gasteiger partial charge in [0.05, 0.1) is 18.5 Å². The molecule has 0 saturated heterocycles. The molecule has 2 rings (SSSR count). The van der Waals surface area contributed by atoms with Gasteiger partial charge in [0.1, 0.15) is 0 Å². The number of carbonyl (C=O) groups excluding carboxylic acids is 1. The minimum Gasteiger partial charge on any atom is -0.459 e. The Hall–Kier alpha value is -2.37. The maximum atomic E-state index is 11.7. The highest BCUT2D eigenvalue weighted by Gasteiger charge is 2.09. The van der Waals surface area contributed by atoms with Gasteiger partial charge in [-0.1, -0.05) is 0 Å². The summed E-state index contributed by atoms with van der Waals surface area (Å²) >= 11 is 0. The minimum absolute atomic E-state index is 0.257. The average molecular weight is 260 g/mol. The van der Waals surface area contributed by atoms with E-state index in [9.17, 15) is 4.79 Å². The Bertz CT molecular complexity index is 564. The van der Waals surface area contributed by atoms with Gasteiger partial charge < -0.3 is 14.6 Å². The third kappa shape index (κ3) is 3.31. The summed E-state index contributed by atoms with van der Waals surface area (Å²) in [5, 5.41) is 2.75. The predicted octanol–water partition coefficient (Wildman–Crippen LogP) is 1.37. The Morgan fingerprint density at radius 3 is 2.84 bits per heavy atom. The first-order valence-corrected chi connectivity index (χ1v) is 5.90. The summed E-state index contributed by atoms with van der Waals surface area (Å²) in [6.07, 6.45) is 1.47. The number of aromatic nitrogens is 2. The fourth-order valence-electron chi connectivity index (χ4n) is 1.57. The zero-order valence-electron chi connectivity index (χ0n) is 11.2. The van der Waals surface area contributed by atoms with Crippen LogP contribution in [0.1, 0.15) is 21.9 Å². The molecule has 0 unspecified atom stereocenters. The molecule has 0 bridgehead atoms. The monoisotopic (exact) mass is 260 g/mol. The van der Waals surface area contributed by atoms with E-state index in [4.69, 9.17) is 4.42 Å². The SMILES string of the molecule is Cc1cc(CNC(=O)c2ccco2)nc(N(C)C)n1. The van der Waals surface area contributed by atoms with Crippen molar-refractivity contribution in [2.45, 2.75) is 13.5 Å². The summed E-state index contributed by atoms with van der Waals surface area (Å²) in [5.74, 6) is 0.661. The number of furan rings is 1. The van der Waals surface area contributed by atoms with Gasteiger partial charge in [-0.25, -0.2) is 9.97 Å². The van der Waals surface area contributed by atoms with E-state index in [1.54, 1.807) is 12.1 Å². The number of rotatable bonds is 4. The standard InChI is InChI=1S/C13H16N4O2/c1-9-7-10(16-13(15-9)17(2)3)8-14-12(18)11-5-4-6-19-11/h4-7H,8H2,1-3H3,(H,14,18). The van der Waals surface area contributed by atoms with E-state index in [0.29, 0.717) is 18.3 Å². The lowest BCUT2D eigenvalue weighted by Crippen LogP contribution is -2.23. The van der Waals surface area contributed by atoms with Gasteiger partial charge in [-0.15, -0.1) is 0 Å². The quantitative estimate of drug-likeness (QED) is 0.899. The molecular formula is C13H16N4O2. The number of nitrogens with zero attached hydrogens (tertiary/aromatic N) is 3. The van der Waals surface area contributed by atoms with E-state index in [1.807, 2.05) is 32.0 Å². The third-order valence-electron chi connectivity index (χ3n) is 2.47. The molecular weight excluding hydrogens is 244 g/mol. The van der Waals surface area contributed by atoms with Crippen molar-refractivity contribution in [2.24, 2.45) is 0 Å². The van der Waals surface area contributed by atoms with Crippen LogP contribution in [0.5, 0.6) is 0 Å². The second kappa shape index (κ2) is 5.51. The van der Waals surface area contributed by atoms with E-state index < -0.39 is 0 Å². The van der Waals surface area contributed by atoms with Crippen molar-refractivity contribution in [1.29, 1.82) is 0 Å². The maximum Gasteiger partial charge on any atom is 0.287 e. The van der Waals surface area contributed by atoms with E-state index >= 15 is 0 Å². The van der Waals surface area contributed by atoms with Gasteiger partial charge in [0.25, 0.3) is 5.91 Å². The van der Waals surface area contributed by atoms with E-state index in [-0.39, 0.29) is 5.91 Å². The molecule has 0 aliphatic heterocycles. The molecule has 0 aromatic carbocycles. The first kappa shape index (κ1) is 13.1. The van der Waals surface area contributed by atoms with Crippen molar-refractivity contribution in [1.82, 2.24) is 15.3 Å². The summed E-state index contributed by atoms with van der Waals surface area (Å²) in [5.41, 5.74) is 1.62. The molecule has 6 heteroatoms. The highest BCUT2D eigenvalue weighted by molar-refractivity contribution is 5.91. The second-order valence-corrected chi connectivity index (χ2v) is 4.36. The largest absolute Gasteiger partial charge is 0.459 e. The highest BCUT2D eigenvalue weighted by Crippen LogP contribution is 2.07. The van der Waals surface area contributed by atoms with Crippen LogP contribution in [0.2, 0.25) is 0 Å². The van der Waals surface area contributed by atoms with Gasteiger partial charge >= 0.3 is 0 Å². The molecule has 1 N–H and O–H groups in total. The zero-order chi connectivity index (χ0) is 13.8. The number of hydrogen-bond acceptors (Lipinski definition) is 5. The zero-order valence-corrected chi connectivity index (χ0v) is 11.2. The fourth-order valence-corrected chi connectivity index (χ4v) is 1.57. The molecule has 2 heterocycles. The molecule has 19 heavy (non-hydrogen) atoms. The number of anilines is 1. The summed E-state index contributed by atoms with van der Waals surface area (Å²) in [6.45, 7) is 2.23. The maximum absolute atomic E-state index is 11.7. The second-order valence-electron chi connectivity index (χ2n) is 4.36. The van der Waals surface area contributed by atoms with Crippen LogP contribution < -0.4 is 10.2 Å². The summed E-state index contributed by atoms with van der Waals surface area (Å²) in [6, 6.07) is 5.13. The molecule has 0 aliphatic rings. The molecule has 0 saturated carbocycles. The van der Waals surface area contributed by atoms with Crippen LogP contribution in [-0.4, -0.2) is 30.0 Å². The van der Waals surface area contributed by atoms with Crippen molar-refractivity contribution in [3.8, 4) is 0 Å². The molecule has 2 aromatic rings. The van der Waals surface area contributed by atoms with Gasteiger partial charge in [-0.05, 0) is 25.1 Å². The van der Waals surface area contributed by atoms with Crippen LogP contribution in [0.15, 0.2) is 28.9 Å². The first-order chi connectivity index (χ1) is 9.06. The highest BCUT2D eigenvalue weighted by atomic mass is 16.3. The Balaban J connectivity index is 2.05. The van der Waals surface area contributed by atoms with Crippen LogP contribution in [0.25, 0.3) is 0 Å². The molecule has 6 nitrogen and oxygen atoms in total. The lowest BCUT2D eigenvalue weighted by Gasteiger charge is -2.12. The predicted molar refractivity (Wildman–Crippen MR) is 71.0 cm³/mol. The van der Waals surface area contributed by atoms with Crippen LogP contribution >= 0.6 is 0 Å². The van der Waals surface area contributed by atoms with Crippen LogP contribution in [0.4, 0.5) is 5.95 Å². The first-order valence-electron chi connectivity index (χ1n) is 5.90. The van der Waals surface area contributed by atoms with Crippen molar-refractivity contribution >= 4 is 11.9 Å². The molecule has 1 amide bonds. The van der Waals surface area contributed by atoms with Crippen molar-refractivity contribution in [3.63, 3.8) is 0 Å². The fraction of sp³-hybridized carbons (Fsp3) is 0.308. The molecule has 0 spiro atoms. The van der Waals surface area contributed by atoms with Crippen molar-refractivity contribution in [3.05, 3.63) is 41.6 Å². The van der Waals surface area contributed by atoms with Crippen molar-refractivity contribution < 1.29 is 9.21 Å². The van der Waals surface area contributed by atoms with Gasteiger partial charge in [0, 0.05) is 19.8 Å². The Kier molecular flexibility index (Phi) is 3.79. The van der Waals surface area contributed by atoms with Gasteiger partial charge in [0.2, 0.25) is 5.95 Å². The van der Waals surface area contributed by atoms with Crippen LogP contribution in [0, 0.1) is 6.92 Å². The number of aryl methyl sites for hydroxylation is 1. The summed E-state index contributed by atoms with van der Waals surface area (Å²) in [7, 11) is 3.75. The molecule has 0 atom stereocenters. The summed E-state index contributed by atoms with van der Waals surface area (Å²) < 4.78 is 5.02. The Morgan fingerprint density at radius 1 is 1.42 bits per heavy atom. The Morgan fingerprint density at radius 2 is 2.21 bits per heavy atom. The van der Waals surface area contributed by atoms with Gasteiger partial charge in [-0.3, -0.25) is 4.79 Å². The molecule has 2 aromatic heterocycles. The minimum atomic E-state index is -0.257. The number of nitrogens with one attached hydrogen (secondary N) is 1. The Labute approximate surface area is 111 Å². The normalized spacial score (nSPS) is 10.3. The van der Waals surface area contributed by atoms with Crippen molar-refractivity contribution in [2.75, 3.05) is 19.0 Å². The third-order valence-corrected chi connectivity index (χ3v) is 2.47. The van der Waals surface area contributed by atoms with Crippen LogP contribution in [-0.2, 0) is 6.54 Å². The molecule has 0 aliphatic carbocycles. The lowest BCUT2D eigenvalue weighted by molar-refractivity contribution is 0.0922. The lowest BCUT2D eigenvalue weighted by atomic mass is 10.3. The molecule has 0 radical (unpaired) electrons. The van der Waals surface area contributed by atoms with Gasteiger partial charge in [-0.2, -0.15) is 0 Å². The van der Waals surface area contributed by atoms with Crippen LogP contribution in [0.3, 0.4) is 0 Å². The van der Waals surface area contributed by atoms with E-state index in [0.717, 1.165) is 11.4 Å². The number of hydrogen-bond donors (Lipinski definition) is 1. The van der Waals surface area contributed by atoms with E-state index in [2.05, 4.69) is 15.3 Å².